The number of hydrogen-bond donors (Lipinski definition) is 2. The van der Waals surface area contributed by atoms with E-state index in [2.05, 4.69) is 0 Å². The molecule has 0 aromatic heterocycles. The first-order valence-electron chi connectivity index (χ1n) is 3.01. The van der Waals surface area contributed by atoms with Gasteiger partial charge in [-0.3, -0.25) is 0 Å². The number of nitrogens with two attached hydrogens (primary N) is 1. The Labute approximate surface area is 71.2 Å². The van der Waals surface area contributed by atoms with Gasteiger partial charge in [0.05, 0.1) is 0 Å². The summed E-state index contributed by atoms with van der Waals surface area (Å²) in [7, 11) is 1.18. The molecule has 4 nitrogen and oxygen atoms in total. The van der Waals surface area contributed by atoms with Crippen molar-refractivity contribution in [3.63, 3.8) is 0 Å². The molecule has 6 heteroatoms. The van der Waals surface area contributed by atoms with Crippen LogP contribution < -0.4 is 5.73 Å². The van der Waals surface area contributed by atoms with Gasteiger partial charge in [-0.25, -0.2) is 0 Å². The van der Waals surface area contributed by atoms with Gasteiger partial charge in [0.15, 0.2) is 0 Å². The van der Waals surface area contributed by atoms with Gasteiger partial charge in [0.25, 0.3) is 0 Å². The average molecular weight is 241 g/mol. The summed E-state index contributed by atoms with van der Waals surface area (Å²) in [4.78, 5) is 10.2. The summed E-state index contributed by atoms with van der Waals surface area (Å²) in [6.07, 6.45) is 0. The molecule has 0 fully saturated rings. The van der Waals surface area contributed by atoms with Crippen LogP contribution in [0.3, 0.4) is 0 Å². The van der Waals surface area contributed by atoms with Crippen LogP contribution in [0.1, 0.15) is 0 Å². The number of hydrogen-bond acceptors (Lipinski definition) is 4. The molecule has 0 aromatic carbocycles. The fourth-order valence-electron chi connectivity index (χ4n) is 0.331. The van der Waals surface area contributed by atoms with Crippen LogP contribution in [0, 0.1) is 0 Å². The van der Waals surface area contributed by atoms with E-state index in [-0.39, 0.29) is 5.75 Å². The van der Waals surface area contributed by atoms with Crippen molar-refractivity contribution in [3.05, 3.63) is 0 Å². The van der Waals surface area contributed by atoms with Crippen molar-refractivity contribution >= 4 is 28.3 Å². The first-order chi connectivity index (χ1) is 4.83. The third kappa shape index (κ3) is 6.53. The predicted octanol–water partition coefficient (Wildman–Crippen LogP) is 0.264. The van der Waals surface area contributed by atoms with Crippen molar-refractivity contribution in [2.75, 3.05) is 5.75 Å². The van der Waals surface area contributed by atoms with E-state index in [9.17, 15) is 8.53 Å². The first kappa shape index (κ1) is 11.1. The minimum atomic E-state index is -2.75. The van der Waals surface area contributed by atoms with E-state index in [4.69, 9.17) is 10.8 Å². The third-order valence-corrected chi connectivity index (χ3v) is 6.86. The summed E-state index contributed by atoms with van der Waals surface area (Å²) >= 11 is -2.75. The molecule has 0 aliphatic rings. The van der Waals surface area contributed by atoms with Gasteiger partial charge >= 0.3 is 70.9 Å². The summed E-state index contributed by atoms with van der Waals surface area (Å²) in [5, 5.41) is 8.36. The Morgan fingerprint density at radius 3 is 2.45 bits per heavy atom. The zero-order valence-electron chi connectivity index (χ0n) is 6.48. The molecule has 11 heavy (non-hydrogen) atoms. The maximum absolute atomic E-state index is 11.1. The maximum atomic E-state index is 11.1. The van der Waals surface area contributed by atoms with E-state index in [1.807, 2.05) is 0 Å². The molecule has 0 saturated carbocycles. The number of carboxylic acids is 1. The van der Waals surface area contributed by atoms with E-state index >= 15 is 0 Å². The zero-order chi connectivity index (χ0) is 9.07. The van der Waals surface area contributed by atoms with Crippen molar-refractivity contribution in [3.8, 4) is 0 Å². The Hall–Kier alpha value is 0.138. The van der Waals surface area contributed by atoms with Crippen LogP contribution in [0.25, 0.3) is 0 Å². The molecule has 0 spiro atoms. The molecule has 0 heterocycles. The Bertz CT molecular complexity index is 190. The van der Waals surface area contributed by atoms with E-state index in [1.54, 1.807) is 11.4 Å². The second-order valence-corrected chi connectivity index (χ2v) is 14.5. The zero-order valence-corrected chi connectivity index (χ0v) is 9.17. The van der Waals surface area contributed by atoms with Crippen molar-refractivity contribution < 1.29 is 13.6 Å². The van der Waals surface area contributed by atoms with Crippen LogP contribution in [0.4, 0.5) is 0 Å². The van der Waals surface area contributed by atoms with Gasteiger partial charge < -0.3 is 0 Å². The predicted molar refractivity (Wildman–Crippen MR) is 46.2 cm³/mol. The molecule has 0 saturated heterocycles. The fourth-order valence-corrected chi connectivity index (χ4v) is 4.26. The molecule has 0 aromatic rings. The molecule has 3 N–H and O–H groups in total. The van der Waals surface area contributed by atoms with Crippen molar-refractivity contribution in [1.82, 2.24) is 0 Å². The molecule has 0 radical (unpaired) electrons. The number of aliphatic carboxylic acids is 1. The first-order valence-corrected chi connectivity index (χ1v) is 10.8. The van der Waals surface area contributed by atoms with E-state index in [1.165, 1.54) is 10.0 Å². The molecule has 0 amide bonds. The van der Waals surface area contributed by atoms with Crippen LogP contribution >= 0.6 is 10.0 Å². The normalized spacial score (nSPS) is 14.5. The molecule has 1 atom stereocenters. The third-order valence-electron chi connectivity index (χ3n) is 0.882. The quantitative estimate of drug-likeness (QED) is 0.690. The SMILES string of the molecule is C[As](C)(=O)SC[C@@H](N)C(=O)O. The number of carbonyl (C=O) groups is 1. The number of carboxylic acid groups (broad SMARTS) is 1. The molecule has 0 bridgehead atoms. The van der Waals surface area contributed by atoms with Gasteiger partial charge in [0, 0.05) is 0 Å². The van der Waals surface area contributed by atoms with Crippen LogP contribution in [0.2, 0.25) is 11.4 Å². The topological polar surface area (TPSA) is 80.4 Å². The molecule has 0 aliphatic heterocycles. The Morgan fingerprint density at radius 1 is 1.73 bits per heavy atom. The van der Waals surface area contributed by atoms with Gasteiger partial charge in [-0.05, 0) is 0 Å². The van der Waals surface area contributed by atoms with Gasteiger partial charge in [-0.15, -0.1) is 0 Å². The van der Waals surface area contributed by atoms with E-state index < -0.39 is 24.3 Å². The number of rotatable bonds is 4. The summed E-state index contributed by atoms with van der Waals surface area (Å²) in [6.45, 7) is 0. The fraction of sp³-hybridized carbons (Fsp3) is 0.800. The van der Waals surface area contributed by atoms with Gasteiger partial charge in [-0.1, -0.05) is 0 Å². The van der Waals surface area contributed by atoms with E-state index in [0.29, 0.717) is 0 Å². The molecule has 66 valence electrons. The van der Waals surface area contributed by atoms with Gasteiger partial charge in [0.1, 0.15) is 0 Å². The summed E-state index contributed by atoms with van der Waals surface area (Å²) in [5.74, 6) is -0.805. The Morgan fingerprint density at radius 2 is 2.18 bits per heavy atom. The van der Waals surface area contributed by atoms with Crippen LogP contribution in [-0.2, 0) is 8.53 Å². The Balaban J connectivity index is 3.72. The monoisotopic (exact) mass is 241 g/mol. The molecular formula is C5H12AsNO3S. The summed E-state index contributed by atoms with van der Waals surface area (Å²) in [6, 6.07) is -0.894. The van der Waals surface area contributed by atoms with Gasteiger partial charge in [0.2, 0.25) is 0 Å². The molecular weight excluding hydrogens is 229 g/mol. The van der Waals surface area contributed by atoms with Crippen molar-refractivity contribution in [1.29, 1.82) is 0 Å². The van der Waals surface area contributed by atoms with Crippen molar-refractivity contribution in [2.24, 2.45) is 5.73 Å². The molecule has 0 unspecified atom stereocenters. The second kappa shape index (κ2) is 4.24. The standard InChI is InChI=1S/C5H12AsNO3S/c1-6(2,10)11-3-4(7)5(8)9/h4H,3,7H2,1-2H3,(H,8,9)/t4-/m1/s1. The molecule has 0 aliphatic carbocycles. The van der Waals surface area contributed by atoms with Crippen LogP contribution in [-0.4, -0.2) is 35.2 Å². The minimum absolute atomic E-state index is 0.235. The summed E-state index contributed by atoms with van der Waals surface area (Å²) in [5.41, 5.74) is 8.49. The van der Waals surface area contributed by atoms with E-state index in [0.717, 1.165) is 0 Å². The average Bonchev–Trinajstić information content (AvgIpc) is 1.80. The van der Waals surface area contributed by atoms with Crippen molar-refractivity contribution in [2.45, 2.75) is 17.5 Å². The van der Waals surface area contributed by atoms with Crippen LogP contribution in [0.15, 0.2) is 0 Å². The summed E-state index contributed by atoms with van der Waals surface area (Å²) < 4.78 is 11.1. The molecule has 0 rings (SSSR count). The van der Waals surface area contributed by atoms with Gasteiger partial charge in [-0.2, -0.15) is 0 Å². The van der Waals surface area contributed by atoms with Crippen LogP contribution in [0.5, 0.6) is 0 Å². The Kier molecular flexibility index (Phi) is 4.29. The second-order valence-electron chi connectivity index (χ2n) is 2.49.